The van der Waals surface area contributed by atoms with Crippen molar-refractivity contribution in [3.05, 3.63) is 32.7 Å². The van der Waals surface area contributed by atoms with Gasteiger partial charge in [0.25, 0.3) is 0 Å². The minimum Gasteiger partial charge on any atom is -0.388 e. The summed E-state index contributed by atoms with van der Waals surface area (Å²) in [5.41, 5.74) is 2.45. The number of aryl methyl sites for hydroxylation is 2. The largest absolute Gasteiger partial charge is 0.388 e. The van der Waals surface area contributed by atoms with Gasteiger partial charge in [-0.1, -0.05) is 22.9 Å². The third kappa shape index (κ3) is 1.83. The van der Waals surface area contributed by atoms with E-state index in [9.17, 15) is 9.90 Å². The monoisotopic (exact) mass is 298 g/mol. The normalized spacial score (nSPS) is 13.2. The number of hydrogen-bond donors (Lipinski definition) is 1. The Labute approximate surface area is 108 Å². The van der Waals surface area contributed by atoms with E-state index in [0.717, 1.165) is 21.1 Å². The predicted octanol–water partition coefficient (Wildman–Crippen LogP) is 2.08. The summed E-state index contributed by atoms with van der Waals surface area (Å²) in [6.07, 6.45) is 0.134. The van der Waals surface area contributed by atoms with E-state index in [1.807, 2.05) is 19.1 Å². The van der Waals surface area contributed by atoms with Gasteiger partial charge < -0.3 is 5.11 Å². The molecule has 5 heteroatoms. The van der Waals surface area contributed by atoms with Crippen molar-refractivity contribution in [3.8, 4) is 0 Å². The Morgan fingerprint density at radius 1 is 1.29 bits per heavy atom. The van der Waals surface area contributed by atoms with E-state index >= 15 is 0 Å². The molecule has 0 radical (unpaired) electrons. The summed E-state index contributed by atoms with van der Waals surface area (Å²) in [6, 6.07) is 3.75. The van der Waals surface area contributed by atoms with Gasteiger partial charge in [-0.25, -0.2) is 4.79 Å². The molecule has 1 N–H and O–H groups in total. The highest BCUT2D eigenvalue weighted by Gasteiger charge is 2.15. The average molecular weight is 299 g/mol. The molecule has 1 aromatic carbocycles. The van der Waals surface area contributed by atoms with Crippen LogP contribution in [0.4, 0.5) is 0 Å². The topological polar surface area (TPSA) is 47.2 Å². The second-order valence-electron chi connectivity index (χ2n) is 4.19. The van der Waals surface area contributed by atoms with Crippen LogP contribution in [-0.2, 0) is 14.1 Å². The van der Waals surface area contributed by atoms with Crippen LogP contribution in [0.15, 0.2) is 21.4 Å². The summed E-state index contributed by atoms with van der Waals surface area (Å²) in [6.45, 7) is 1.92. The zero-order valence-corrected chi connectivity index (χ0v) is 11.7. The molecule has 1 unspecified atom stereocenters. The minimum atomic E-state index is -0.510. The first-order valence-corrected chi connectivity index (χ1v) is 6.29. The van der Waals surface area contributed by atoms with Gasteiger partial charge in [-0.15, -0.1) is 0 Å². The lowest BCUT2D eigenvalue weighted by molar-refractivity contribution is 0.173. The molecule has 0 saturated carbocycles. The Hall–Kier alpha value is -1.07. The van der Waals surface area contributed by atoms with Crippen molar-refractivity contribution in [2.45, 2.75) is 19.4 Å². The first kappa shape index (κ1) is 12.4. The maximum absolute atomic E-state index is 11.8. The molecule has 0 aliphatic carbocycles. The molecule has 2 aromatic rings. The van der Waals surface area contributed by atoms with E-state index in [2.05, 4.69) is 15.9 Å². The molecule has 0 bridgehead atoms. The van der Waals surface area contributed by atoms with Gasteiger partial charge in [0.05, 0.1) is 17.1 Å². The highest BCUT2D eigenvalue weighted by atomic mass is 79.9. The summed E-state index contributed by atoms with van der Waals surface area (Å²) in [5, 5.41) is 9.91. The lowest BCUT2D eigenvalue weighted by Gasteiger charge is -2.11. The third-order valence-electron chi connectivity index (χ3n) is 3.14. The summed E-state index contributed by atoms with van der Waals surface area (Å²) in [7, 11) is 3.48. The van der Waals surface area contributed by atoms with Gasteiger partial charge in [-0.3, -0.25) is 9.13 Å². The van der Waals surface area contributed by atoms with Crippen molar-refractivity contribution >= 4 is 27.0 Å². The number of hydrogen-bond acceptors (Lipinski definition) is 2. The van der Waals surface area contributed by atoms with E-state index in [1.54, 1.807) is 23.2 Å². The van der Waals surface area contributed by atoms with E-state index in [0.29, 0.717) is 6.42 Å². The Bertz CT molecular complexity index is 627. The van der Waals surface area contributed by atoms with E-state index in [4.69, 9.17) is 0 Å². The molecule has 0 aliphatic rings. The van der Waals surface area contributed by atoms with Crippen LogP contribution in [-0.4, -0.2) is 14.2 Å². The number of aromatic nitrogens is 2. The minimum absolute atomic E-state index is 0.0601. The Morgan fingerprint density at radius 2 is 1.82 bits per heavy atom. The number of aliphatic hydroxyl groups is 1. The fraction of sp³-hybridized carbons (Fsp3) is 0.417. The quantitative estimate of drug-likeness (QED) is 0.923. The number of rotatable bonds is 2. The lowest BCUT2D eigenvalue weighted by Crippen LogP contribution is -2.19. The molecule has 0 saturated heterocycles. The molecular weight excluding hydrogens is 284 g/mol. The number of imidazole rings is 1. The van der Waals surface area contributed by atoms with Crippen LogP contribution in [0.2, 0.25) is 0 Å². The van der Waals surface area contributed by atoms with Crippen molar-refractivity contribution in [2.75, 3.05) is 0 Å². The number of benzene rings is 1. The molecule has 0 fully saturated rings. The van der Waals surface area contributed by atoms with E-state index in [-0.39, 0.29) is 5.69 Å². The molecule has 1 heterocycles. The molecule has 0 aliphatic heterocycles. The Kier molecular flexibility index (Phi) is 3.14. The molecule has 92 valence electrons. The van der Waals surface area contributed by atoms with Gasteiger partial charge in [-0.05, 0) is 24.1 Å². The van der Waals surface area contributed by atoms with Crippen molar-refractivity contribution in [3.63, 3.8) is 0 Å². The first-order chi connectivity index (χ1) is 7.97. The Morgan fingerprint density at radius 3 is 2.35 bits per heavy atom. The second-order valence-corrected chi connectivity index (χ2v) is 5.04. The smallest absolute Gasteiger partial charge is 0.328 e. The van der Waals surface area contributed by atoms with E-state index < -0.39 is 6.10 Å². The van der Waals surface area contributed by atoms with Gasteiger partial charge in [0.1, 0.15) is 0 Å². The van der Waals surface area contributed by atoms with Crippen LogP contribution >= 0.6 is 15.9 Å². The fourth-order valence-electron chi connectivity index (χ4n) is 2.01. The van der Waals surface area contributed by atoms with Crippen molar-refractivity contribution in [1.82, 2.24) is 9.13 Å². The van der Waals surface area contributed by atoms with Gasteiger partial charge in [0, 0.05) is 18.6 Å². The van der Waals surface area contributed by atoms with Gasteiger partial charge in [0.15, 0.2) is 0 Å². The highest BCUT2D eigenvalue weighted by Crippen LogP contribution is 2.29. The maximum atomic E-state index is 11.8. The van der Waals surface area contributed by atoms with Gasteiger partial charge >= 0.3 is 5.69 Å². The van der Waals surface area contributed by atoms with Crippen LogP contribution in [0, 0.1) is 0 Å². The number of halogens is 1. The van der Waals surface area contributed by atoms with Gasteiger partial charge in [-0.2, -0.15) is 0 Å². The third-order valence-corrected chi connectivity index (χ3v) is 3.82. The number of aliphatic hydroxyl groups excluding tert-OH is 1. The molecule has 0 spiro atoms. The summed E-state index contributed by atoms with van der Waals surface area (Å²) in [4.78, 5) is 11.8. The summed E-state index contributed by atoms with van der Waals surface area (Å²) in [5.74, 6) is 0. The molecule has 2 rings (SSSR count). The Balaban J connectivity index is 2.81. The molecule has 17 heavy (non-hydrogen) atoms. The average Bonchev–Trinajstić information content (AvgIpc) is 2.53. The molecule has 1 atom stereocenters. The van der Waals surface area contributed by atoms with E-state index in [1.165, 1.54) is 0 Å². The van der Waals surface area contributed by atoms with Crippen LogP contribution in [0.25, 0.3) is 11.0 Å². The second kappa shape index (κ2) is 4.31. The maximum Gasteiger partial charge on any atom is 0.328 e. The molecule has 1 aromatic heterocycles. The van der Waals surface area contributed by atoms with Crippen molar-refractivity contribution < 1.29 is 5.11 Å². The van der Waals surface area contributed by atoms with Crippen LogP contribution in [0.1, 0.15) is 25.0 Å². The van der Waals surface area contributed by atoms with Crippen LogP contribution in [0.5, 0.6) is 0 Å². The van der Waals surface area contributed by atoms with Crippen molar-refractivity contribution in [1.29, 1.82) is 0 Å². The number of fused-ring (bicyclic) bond motifs is 1. The first-order valence-electron chi connectivity index (χ1n) is 5.50. The zero-order chi connectivity index (χ0) is 12.7. The molecule has 4 nitrogen and oxygen atoms in total. The van der Waals surface area contributed by atoms with Gasteiger partial charge in [0.2, 0.25) is 0 Å². The predicted molar refractivity (Wildman–Crippen MR) is 71.1 cm³/mol. The van der Waals surface area contributed by atoms with Crippen LogP contribution in [0.3, 0.4) is 0 Å². The molecule has 0 amide bonds. The lowest BCUT2D eigenvalue weighted by atomic mass is 10.1. The number of nitrogens with zero attached hydrogens (tertiary/aromatic N) is 2. The van der Waals surface area contributed by atoms with Crippen molar-refractivity contribution in [2.24, 2.45) is 14.1 Å². The SMILES string of the molecule is CCC(O)c1cc2c(cc1Br)n(C)c(=O)n2C. The summed E-state index contributed by atoms with van der Waals surface area (Å²) < 4.78 is 4.02. The fourth-order valence-corrected chi connectivity index (χ4v) is 2.61. The summed E-state index contributed by atoms with van der Waals surface area (Å²) >= 11 is 3.44. The molecular formula is C12H15BrN2O2. The highest BCUT2D eigenvalue weighted by molar-refractivity contribution is 9.10. The van der Waals surface area contributed by atoms with Crippen LogP contribution < -0.4 is 5.69 Å². The standard InChI is InChI=1S/C12H15BrN2O2/c1-4-11(16)7-5-9-10(6-8(7)13)15(3)12(17)14(9)2/h5-6,11,16H,4H2,1-3H3. The zero-order valence-electron chi connectivity index (χ0n) is 10.1.